The molecule has 0 aromatic carbocycles. The van der Waals surface area contributed by atoms with Crippen LogP contribution in [0, 0.1) is 88.8 Å². The van der Waals surface area contributed by atoms with Crippen LogP contribution in [-0.4, -0.2) is 55.5 Å². The van der Waals surface area contributed by atoms with Crippen molar-refractivity contribution in [3.63, 3.8) is 0 Å². The fourth-order valence-corrected chi connectivity index (χ4v) is 22.6. The molecule has 0 amide bonds. The second-order valence-corrected chi connectivity index (χ2v) is 30.8. The van der Waals surface area contributed by atoms with E-state index in [4.69, 9.17) is 31.9 Å². The highest BCUT2D eigenvalue weighted by Crippen LogP contribution is 2.62. The van der Waals surface area contributed by atoms with Crippen LogP contribution in [0.1, 0.15) is 289 Å². The predicted molar refractivity (Wildman–Crippen MR) is 322 cm³/mol. The van der Waals surface area contributed by atoms with Crippen molar-refractivity contribution in [3.05, 3.63) is 0 Å². The summed E-state index contributed by atoms with van der Waals surface area (Å²) in [6, 6.07) is 0. The molecule has 444 valence electrons. The van der Waals surface area contributed by atoms with Gasteiger partial charge in [-0.05, 0) is 166 Å². The van der Waals surface area contributed by atoms with Crippen molar-refractivity contribution >= 4 is 0 Å². The van der Waals surface area contributed by atoms with Gasteiger partial charge in [-0.25, -0.2) is 0 Å². The van der Waals surface area contributed by atoms with E-state index in [9.17, 15) is 0 Å². The number of nitrogens with one attached hydrogen (secondary N) is 9. The highest BCUT2D eigenvalue weighted by Gasteiger charge is 2.63. The van der Waals surface area contributed by atoms with E-state index in [1.165, 1.54) is 289 Å². The summed E-state index contributed by atoms with van der Waals surface area (Å²) in [6.07, 6.45) is 68.4. The lowest BCUT2D eigenvalue weighted by molar-refractivity contribution is -0.163. The van der Waals surface area contributed by atoms with E-state index < -0.39 is 0 Å². The summed E-state index contributed by atoms with van der Waals surface area (Å²) in [5.74, 6) is 10.9. The maximum absolute atomic E-state index is 4.85. The highest BCUT2D eigenvalue weighted by molar-refractivity contribution is 5.14. The Morgan fingerprint density at radius 1 is 0.115 bits per heavy atom. The Morgan fingerprint density at radius 2 is 0.244 bits per heavy atom. The molecular formula is C69H123N9. The van der Waals surface area contributed by atoms with Crippen molar-refractivity contribution in [1.82, 2.24) is 47.9 Å². The first-order chi connectivity index (χ1) is 38.7. The van der Waals surface area contributed by atoms with Crippen LogP contribution in [0.2, 0.25) is 0 Å². The van der Waals surface area contributed by atoms with Crippen molar-refractivity contribution in [2.45, 2.75) is 344 Å². The van der Waals surface area contributed by atoms with Gasteiger partial charge in [0, 0.05) is 0 Å². The molecule has 13 fully saturated rings. The third-order valence-corrected chi connectivity index (χ3v) is 26.4. The largest absolute Gasteiger partial charge is 0.286 e. The Labute approximate surface area is 478 Å². The van der Waals surface area contributed by atoms with Crippen molar-refractivity contribution < 1.29 is 0 Å². The number of rotatable bonds is 12. The van der Waals surface area contributed by atoms with E-state index in [-0.39, 0.29) is 0 Å². The second-order valence-electron chi connectivity index (χ2n) is 30.8. The fourth-order valence-electron chi connectivity index (χ4n) is 22.6. The van der Waals surface area contributed by atoms with Crippen LogP contribution < -0.4 is 47.9 Å². The van der Waals surface area contributed by atoms with Crippen LogP contribution in [0.4, 0.5) is 0 Å². The molecule has 6 unspecified atom stereocenters. The number of hydrogen-bond donors (Lipinski definition) is 9. The maximum Gasteiger partial charge on any atom is 0.0630 e. The van der Waals surface area contributed by atoms with Crippen molar-refractivity contribution in [2.24, 2.45) is 88.8 Å². The third-order valence-electron chi connectivity index (χ3n) is 26.4. The van der Waals surface area contributed by atoms with E-state index in [2.05, 4.69) is 16.0 Å². The van der Waals surface area contributed by atoms with Crippen LogP contribution in [-0.2, 0) is 0 Å². The van der Waals surface area contributed by atoms with Crippen LogP contribution in [0.3, 0.4) is 0 Å². The normalized spacial score (nSPS) is 43.6. The summed E-state index contributed by atoms with van der Waals surface area (Å²) in [7, 11) is 0. The molecule has 10 saturated carbocycles. The van der Waals surface area contributed by atoms with Crippen LogP contribution >= 0.6 is 0 Å². The van der Waals surface area contributed by atoms with E-state index in [0.29, 0.717) is 91.0 Å². The van der Waals surface area contributed by atoms with Crippen molar-refractivity contribution in [3.8, 4) is 0 Å². The third kappa shape index (κ3) is 13.1. The average molecular weight is 1080 g/mol. The summed E-state index contributed by atoms with van der Waals surface area (Å²) in [5, 5.41) is 42.8. The lowest BCUT2D eigenvalue weighted by atomic mass is 9.45. The van der Waals surface area contributed by atoms with Gasteiger partial charge < -0.3 is 0 Å². The smallest absolute Gasteiger partial charge is 0.0630 e. The summed E-state index contributed by atoms with van der Waals surface area (Å²) in [4.78, 5) is 0. The molecule has 3 saturated heterocycles. The zero-order valence-electron chi connectivity index (χ0n) is 50.2. The Morgan fingerprint density at radius 3 is 0.397 bits per heavy atom. The first kappa shape index (κ1) is 56.8. The molecule has 0 aromatic heterocycles. The Balaban J connectivity index is 0.996. The zero-order chi connectivity index (χ0) is 52.0. The molecule has 0 spiro atoms. The van der Waals surface area contributed by atoms with Crippen LogP contribution in [0.15, 0.2) is 0 Å². The lowest BCUT2D eigenvalue weighted by Crippen LogP contribution is -2.80. The molecular weight excluding hydrogens is 955 g/mol. The standard InChI is InChI=1S/C69H123N9/c1-10-28-46(29-11-1)55-58(67-73-61(49-34-16-4-17-35-49)70-62(74-67)50-36-18-5-19-37-50)56(47-30-12-2-13-31-47)60(69-77-65(53-42-24-8-25-43-53)72-66(78-69)54-44-26-9-27-45-54)57(48-32-14-3-15-33-48)59(55)68-75-63(51-38-20-6-21-39-51)71-64(76-68)52-40-22-7-23-41-52/h46-78H,1-45H2. The van der Waals surface area contributed by atoms with Gasteiger partial charge in [0.05, 0.1) is 55.5 Å². The summed E-state index contributed by atoms with van der Waals surface area (Å²) >= 11 is 0. The SMILES string of the molecule is C1CCC(C2NC(C3CCCCC3)NC(C3C(C4CCCCC4)C(C4NC(C5CCCCC5)NC(C5CCCCC5)N4)C(C4CCCCC4)C(C4NC(C5CCCCC5)NC(C5CCCCC5)N4)C3C3CCCCC3)N2)CC1. The molecule has 9 nitrogen and oxygen atoms in total. The molecule has 10 aliphatic carbocycles. The van der Waals surface area contributed by atoms with Gasteiger partial charge in [0.25, 0.3) is 0 Å². The molecule has 9 N–H and O–H groups in total. The first-order valence-electron chi connectivity index (χ1n) is 36.5. The molecule has 78 heavy (non-hydrogen) atoms. The van der Waals surface area contributed by atoms with E-state index in [1.807, 2.05) is 0 Å². The van der Waals surface area contributed by atoms with Crippen molar-refractivity contribution in [2.75, 3.05) is 0 Å². The minimum Gasteiger partial charge on any atom is -0.286 e. The molecule has 0 bridgehead atoms. The minimum absolute atomic E-state index is 0.358. The molecule has 9 heteroatoms. The summed E-state index contributed by atoms with van der Waals surface area (Å²) < 4.78 is 0. The van der Waals surface area contributed by atoms with Gasteiger partial charge in [-0.2, -0.15) is 0 Å². The topological polar surface area (TPSA) is 108 Å². The van der Waals surface area contributed by atoms with E-state index in [1.54, 1.807) is 0 Å². The van der Waals surface area contributed by atoms with E-state index >= 15 is 0 Å². The molecule has 0 aromatic rings. The minimum atomic E-state index is 0.358. The van der Waals surface area contributed by atoms with Gasteiger partial charge >= 0.3 is 0 Å². The molecule has 13 rings (SSSR count). The molecule has 0 radical (unpaired) electrons. The lowest BCUT2D eigenvalue weighted by Gasteiger charge is -2.66. The first-order valence-corrected chi connectivity index (χ1v) is 36.5. The fraction of sp³-hybridized carbons (Fsp3) is 1.00. The monoisotopic (exact) mass is 1080 g/mol. The average Bonchev–Trinajstić information content (AvgIpc) is 3.66. The summed E-state index contributed by atoms with van der Waals surface area (Å²) in [5.41, 5.74) is 0. The van der Waals surface area contributed by atoms with E-state index in [0.717, 1.165) is 53.3 Å². The maximum atomic E-state index is 4.85. The van der Waals surface area contributed by atoms with Crippen LogP contribution in [0.25, 0.3) is 0 Å². The highest BCUT2D eigenvalue weighted by atomic mass is 15.4. The predicted octanol–water partition coefficient (Wildman–Crippen LogP) is 14.2. The Kier molecular flexibility index (Phi) is 20.2. The Bertz CT molecular complexity index is 1450. The molecule has 6 atom stereocenters. The second kappa shape index (κ2) is 27.8. The van der Waals surface area contributed by atoms with Gasteiger partial charge in [0.1, 0.15) is 0 Å². The van der Waals surface area contributed by atoms with Gasteiger partial charge in [0.2, 0.25) is 0 Å². The zero-order valence-corrected chi connectivity index (χ0v) is 50.2. The Hall–Kier alpha value is -0.360. The van der Waals surface area contributed by atoms with Crippen LogP contribution in [0.5, 0.6) is 0 Å². The van der Waals surface area contributed by atoms with Gasteiger partial charge in [-0.3, -0.25) is 47.9 Å². The van der Waals surface area contributed by atoms with Crippen molar-refractivity contribution in [1.29, 1.82) is 0 Å². The van der Waals surface area contributed by atoms with Gasteiger partial charge in [-0.15, -0.1) is 0 Å². The molecule has 3 heterocycles. The van der Waals surface area contributed by atoms with Gasteiger partial charge in [0.15, 0.2) is 0 Å². The van der Waals surface area contributed by atoms with Gasteiger partial charge in [-0.1, -0.05) is 212 Å². The molecule has 13 aliphatic rings. The summed E-state index contributed by atoms with van der Waals surface area (Å²) in [6.45, 7) is 0. The molecule has 3 aliphatic heterocycles. The number of hydrogen-bond acceptors (Lipinski definition) is 9. The quantitative estimate of drug-likeness (QED) is 0.0945.